The van der Waals surface area contributed by atoms with Crippen LogP contribution in [0.3, 0.4) is 0 Å². The minimum atomic E-state index is -4.48. The summed E-state index contributed by atoms with van der Waals surface area (Å²) in [6, 6.07) is 3.99. The monoisotopic (exact) mass is 436 g/mol. The molecular weight excluding hydrogens is 413 g/mol. The number of amides is 1. The van der Waals surface area contributed by atoms with E-state index in [2.05, 4.69) is 9.97 Å². The van der Waals surface area contributed by atoms with Crippen LogP contribution in [0.15, 0.2) is 36.7 Å². The van der Waals surface area contributed by atoms with Gasteiger partial charge in [-0.15, -0.1) is 0 Å². The van der Waals surface area contributed by atoms with E-state index < -0.39 is 29.2 Å². The third kappa shape index (κ3) is 5.50. The van der Waals surface area contributed by atoms with Crippen LogP contribution >= 0.6 is 0 Å². The maximum atomic E-state index is 12.9. The Balaban J connectivity index is 1.74. The topological polar surface area (TPSA) is 75.6 Å². The van der Waals surface area contributed by atoms with Crippen LogP contribution in [0.1, 0.15) is 42.4 Å². The van der Waals surface area contributed by atoms with Gasteiger partial charge < -0.3 is 14.5 Å². The van der Waals surface area contributed by atoms with Crippen LogP contribution < -0.4 is 4.90 Å². The van der Waals surface area contributed by atoms with Crippen LogP contribution in [0.4, 0.5) is 23.8 Å². The number of anilines is 1. The number of piperazine rings is 1. The zero-order chi connectivity index (χ0) is 22.8. The van der Waals surface area contributed by atoms with Crippen molar-refractivity contribution in [2.45, 2.75) is 32.5 Å². The average Bonchev–Trinajstić information content (AvgIpc) is 2.71. The van der Waals surface area contributed by atoms with Gasteiger partial charge in [-0.05, 0) is 32.9 Å². The zero-order valence-corrected chi connectivity index (χ0v) is 17.4. The summed E-state index contributed by atoms with van der Waals surface area (Å²) in [5.41, 5.74) is -1.29. The number of hydrogen-bond acceptors (Lipinski definition) is 6. The number of nitrogens with zero attached hydrogens (tertiary/aromatic N) is 4. The molecule has 10 heteroatoms. The van der Waals surface area contributed by atoms with Crippen molar-refractivity contribution >= 4 is 17.7 Å². The Morgan fingerprint density at radius 2 is 1.52 bits per heavy atom. The van der Waals surface area contributed by atoms with Crippen molar-refractivity contribution in [1.29, 1.82) is 0 Å². The number of carbonyl (C=O) groups is 2. The normalized spacial score (nSPS) is 15.0. The van der Waals surface area contributed by atoms with Crippen molar-refractivity contribution in [2.75, 3.05) is 31.1 Å². The Hall–Kier alpha value is -3.17. The minimum Gasteiger partial charge on any atom is -0.444 e. The maximum Gasteiger partial charge on any atom is 0.416 e. The molecule has 0 bridgehead atoms. The molecule has 0 spiro atoms. The van der Waals surface area contributed by atoms with Gasteiger partial charge in [0.25, 0.3) is 0 Å². The van der Waals surface area contributed by atoms with Gasteiger partial charge in [-0.2, -0.15) is 13.2 Å². The van der Waals surface area contributed by atoms with E-state index in [1.165, 1.54) is 12.4 Å². The third-order valence-electron chi connectivity index (χ3n) is 4.60. The van der Waals surface area contributed by atoms with Gasteiger partial charge in [0.05, 0.1) is 5.56 Å². The molecule has 0 atom stereocenters. The van der Waals surface area contributed by atoms with E-state index >= 15 is 0 Å². The van der Waals surface area contributed by atoms with Crippen LogP contribution in [0.25, 0.3) is 0 Å². The predicted octanol–water partition coefficient (Wildman–Crippen LogP) is 3.78. The van der Waals surface area contributed by atoms with E-state index in [-0.39, 0.29) is 11.3 Å². The number of ether oxygens (including phenoxy) is 1. The highest BCUT2D eigenvalue weighted by atomic mass is 19.4. The van der Waals surface area contributed by atoms with Gasteiger partial charge in [-0.25, -0.2) is 14.8 Å². The average molecular weight is 436 g/mol. The number of ketones is 1. The first-order valence-corrected chi connectivity index (χ1v) is 9.71. The number of hydrogen-bond donors (Lipinski definition) is 0. The second kappa shape index (κ2) is 8.52. The van der Waals surface area contributed by atoms with E-state index in [0.717, 1.165) is 24.3 Å². The lowest BCUT2D eigenvalue weighted by Crippen LogP contribution is -2.50. The molecule has 166 valence electrons. The van der Waals surface area contributed by atoms with E-state index in [9.17, 15) is 22.8 Å². The number of rotatable bonds is 3. The summed E-state index contributed by atoms with van der Waals surface area (Å²) < 4.78 is 43.7. The number of carbonyl (C=O) groups excluding carboxylic acids is 2. The number of benzene rings is 1. The Labute approximate surface area is 177 Å². The highest BCUT2D eigenvalue weighted by Gasteiger charge is 2.31. The van der Waals surface area contributed by atoms with Gasteiger partial charge in [-0.1, -0.05) is 12.1 Å². The molecular formula is C21H23F3N4O3. The smallest absolute Gasteiger partial charge is 0.416 e. The molecule has 0 aliphatic carbocycles. The molecule has 1 saturated heterocycles. The fourth-order valence-electron chi connectivity index (χ4n) is 3.10. The fourth-order valence-corrected chi connectivity index (χ4v) is 3.10. The van der Waals surface area contributed by atoms with Crippen molar-refractivity contribution in [3.8, 4) is 0 Å². The lowest BCUT2D eigenvalue weighted by Gasteiger charge is -2.36. The van der Waals surface area contributed by atoms with Crippen LogP contribution in [0.5, 0.6) is 0 Å². The summed E-state index contributed by atoms with van der Waals surface area (Å²) in [5.74, 6) is -0.192. The number of alkyl halides is 3. The van der Waals surface area contributed by atoms with Gasteiger partial charge in [0.1, 0.15) is 5.60 Å². The second-order valence-electron chi connectivity index (χ2n) is 8.09. The first-order valence-electron chi connectivity index (χ1n) is 9.71. The minimum absolute atomic E-state index is 0.0491. The fraction of sp³-hybridized carbons (Fsp3) is 0.429. The molecule has 7 nitrogen and oxygen atoms in total. The molecule has 2 aromatic rings. The standard InChI is InChI=1S/C21H23F3N4O3/c1-20(2,3)31-19(30)28-12-10-27(11-13-28)18-16(25-8-9-26-18)17(29)14-4-6-15(7-5-14)21(22,23)24/h4-9H,10-13H2,1-3H3. The first-order chi connectivity index (χ1) is 14.5. The molecule has 0 radical (unpaired) electrons. The zero-order valence-electron chi connectivity index (χ0n) is 17.4. The second-order valence-corrected chi connectivity index (χ2v) is 8.09. The number of aromatic nitrogens is 2. The molecule has 0 saturated carbocycles. The largest absolute Gasteiger partial charge is 0.444 e. The Morgan fingerprint density at radius 3 is 2.06 bits per heavy atom. The van der Waals surface area contributed by atoms with Crippen LogP contribution in [-0.4, -0.2) is 58.5 Å². The molecule has 1 aliphatic rings. The van der Waals surface area contributed by atoms with E-state index in [4.69, 9.17) is 4.74 Å². The molecule has 1 aliphatic heterocycles. The van der Waals surface area contributed by atoms with Crippen LogP contribution in [0.2, 0.25) is 0 Å². The summed E-state index contributed by atoms with van der Waals surface area (Å²) in [5, 5.41) is 0. The van der Waals surface area contributed by atoms with Crippen LogP contribution in [0, 0.1) is 0 Å². The van der Waals surface area contributed by atoms with Crippen molar-refractivity contribution in [3.63, 3.8) is 0 Å². The van der Waals surface area contributed by atoms with E-state index in [0.29, 0.717) is 32.0 Å². The summed E-state index contributed by atoms with van der Waals surface area (Å²) in [4.78, 5) is 36.9. The molecule has 1 aromatic heterocycles. The summed E-state index contributed by atoms with van der Waals surface area (Å²) in [7, 11) is 0. The number of halogens is 3. The summed E-state index contributed by atoms with van der Waals surface area (Å²) in [6.07, 6.45) is -2.09. The molecule has 31 heavy (non-hydrogen) atoms. The van der Waals surface area contributed by atoms with Crippen molar-refractivity contribution < 1.29 is 27.5 Å². The molecule has 3 rings (SSSR count). The molecule has 0 unspecified atom stereocenters. The van der Waals surface area contributed by atoms with E-state index in [1.807, 2.05) is 4.90 Å². The Kier molecular flexibility index (Phi) is 6.19. The van der Waals surface area contributed by atoms with Gasteiger partial charge in [0.15, 0.2) is 11.5 Å². The molecule has 0 N–H and O–H groups in total. The quantitative estimate of drug-likeness (QED) is 0.682. The molecule has 1 fully saturated rings. The lowest BCUT2D eigenvalue weighted by atomic mass is 10.0. The lowest BCUT2D eigenvalue weighted by molar-refractivity contribution is -0.137. The third-order valence-corrected chi connectivity index (χ3v) is 4.60. The van der Waals surface area contributed by atoms with Crippen molar-refractivity contribution in [3.05, 3.63) is 53.5 Å². The Bertz CT molecular complexity index is 948. The summed E-state index contributed by atoms with van der Waals surface area (Å²) >= 11 is 0. The highest BCUT2D eigenvalue weighted by molar-refractivity contribution is 6.10. The van der Waals surface area contributed by atoms with Gasteiger partial charge >= 0.3 is 12.3 Å². The highest BCUT2D eigenvalue weighted by Crippen LogP contribution is 2.30. The van der Waals surface area contributed by atoms with Gasteiger partial charge in [0.2, 0.25) is 5.78 Å². The van der Waals surface area contributed by atoms with E-state index in [1.54, 1.807) is 25.7 Å². The van der Waals surface area contributed by atoms with Crippen LogP contribution in [-0.2, 0) is 10.9 Å². The predicted molar refractivity (Wildman–Crippen MR) is 107 cm³/mol. The van der Waals surface area contributed by atoms with Gasteiger partial charge in [-0.3, -0.25) is 4.79 Å². The molecule has 1 aromatic carbocycles. The maximum absolute atomic E-state index is 12.9. The molecule has 2 heterocycles. The van der Waals surface area contributed by atoms with Gasteiger partial charge in [0, 0.05) is 44.1 Å². The van der Waals surface area contributed by atoms with Crippen molar-refractivity contribution in [1.82, 2.24) is 14.9 Å². The first kappa shape index (κ1) is 22.5. The summed E-state index contributed by atoms with van der Waals surface area (Å²) in [6.45, 7) is 6.94. The van der Waals surface area contributed by atoms with Crippen molar-refractivity contribution in [2.24, 2.45) is 0 Å². The Morgan fingerprint density at radius 1 is 0.935 bits per heavy atom. The molecule has 1 amide bonds. The SMILES string of the molecule is CC(C)(C)OC(=O)N1CCN(c2nccnc2C(=O)c2ccc(C(F)(F)F)cc2)CC1.